The van der Waals surface area contributed by atoms with Crippen LogP contribution in [0.1, 0.15) is 62.5 Å². The number of ether oxygens (including phenoxy) is 3. The van der Waals surface area contributed by atoms with E-state index in [0.717, 1.165) is 44.5 Å². The first-order valence-corrected chi connectivity index (χ1v) is 17.5. The van der Waals surface area contributed by atoms with Gasteiger partial charge in [-0.1, -0.05) is 38.1 Å². The van der Waals surface area contributed by atoms with Crippen LogP contribution in [0.4, 0.5) is 22.4 Å². The number of hydrogen-bond acceptors (Lipinski definition) is 8. The lowest BCUT2D eigenvalue weighted by atomic mass is 9.79. The molecule has 4 aromatic rings. The molecule has 3 aliphatic heterocycles. The molecule has 0 bridgehead atoms. The van der Waals surface area contributed by atoms with E-state index in [4.69, 9.17) is 9.47 Å². The van der Waals surface area contributed by atoms with Crippen molar-refractivity contribution in [1.82, 2.24) is 30.2 Å². The minimum atomic E-state index is -4.38. The highest BCUT2D eigenvalue weighted by Gasteiger charge is 2.62. The normalized spacial score (nSPS) is 20.2. The Morgan fingerprint density at radius 1 is 1.00 bits per heavy atom. The van der Waals surface area contributed by atoms with Gasteiger partial charge in [-0.15, -0.1) is 0 Å². The number of amides is 2. The summed E-state index contributed by atoms with van der Waals surface area (Å²) in [5, 5.41) is 3.32. The lowest BCUT2D eigenvalue weighted by Gasteiger charge is -2.35. The van der Waals surface area contributed by atoms with Crippen molar-refractivity contribution in [1.29, 1.82) is 0 Å². The molecule has 3 saturated heterocycles. The number of H-pyrrole nitrogens is 2. The Bertz CT molecular complexity index is 1900. The summed E-state index contributed by atoms with van der Waals surface area (Å²) >= 11 is 0. The minimum absolute atomic E-state index is 0.0816. The lowest BCUT2D eigenvalue weighted by molar-refractivity contribution is -0.225. The maximum Gasteiger partial charge on any atom is 0.404 e. The first kappa shape index (κ1) is 37.9. The molecule has 1 unspecified atom stereocenters. The molecule has 2 aromatic heterocycles. The van der Waals surface area contributed by atoms with Gasteiger partial charge in [-0.05, 0) is 48.6 Å². The molecule has 2 aromatic carbocycles. The van der Waals surface area contributed by atoms with E-state index < -0.39 is 34.9 Å². The molecule has 0 radical (unpaired) electrons. The largest absolute Gasteiger partial charge is 0.453 e. The zero-order chi connectivity index (χ0) is 38.0. The van der Waals surface area contributed by atoms with E-state index in [-0.39, 0.29) is 23.1 Å². The fourth-order valence-corrected chi connectivity index (χ4v) is 6.92. The van der Waals surface area contributed by atoms with Gasteiger partial charge >= 0.3 is 17.9 Å². The van der Waals surface area contributed by atoms with Crippen molar-refractivity contribution < 1.29 is 41.4 Å². The number of nitrogens with zero attached hydrogens (tertiary/aromatic N) is 3. The van der Waals surface area contributed by atoms with Crippen LogP contribution in [0, 0.1) is 5.92 Å². The smallest absolute Gasteiger partial charge is 0.404 e. The average Bonchev–Trinajstić information content (AvgIpc) is 3.99. The third-order valence-electron chi connectivity index (χ3n) is 9.65. The van der Waals surface area contributed by atoms with Crippen LogP contribution in [0.3, 0.4) is 0 Å². The van der Waals surface area contributed by atoms with Gasteiger partial charge in [-0.25, -0.2) is 14.8 Å². The first-order chi connectivity index (χ1) is 25.2. The van der Waals surface area contributed by atoms with Crippen LogP contribution in [-0.4, -0.2) is 82.6 Å². The maximum absolute atomic E-state index is 15.3. The molecule has 16 heteroatoms. The summed E-state index contributed by atoms with van der Waals surface area (Å²) in [6.07, 6.45) is 7.07. The van der Waals surface area contributed by atoms with E-state index >= 15 is 17.6 Å². The summed E-state index contributed by atoms with van der Waals surface area (Å²) in [6.45, 7) is 7.71. The monoisotopic (exact) mass is 741 g/mol. The van der Waals surface area contributed by atoms with Crippen molar-refractivity contribution in [2.24, 2.45) is 11.7 Å². The highest BCUT2D eigenvalue weighted by Crippen LogP contribution is 2.58. The second-order valence-electron chi connectivity index (χ2n) is 13.8. The molecule has 1 atom stereocenters. The zero-order valence-corrected chi connectivity index (χ0v) is 29.7. The van der Waals surface area contributed by atoms with Gasteiger partial charge in [0.25, 0.3) is 0 Å². The molecule has 1 spiro atoms. The number of nitrogens with one attached hydrogen (secondary N) is 3. The zero-order valence-electron chi connectivity index (χ0n) is 29.7. The summed E-state index contributed by atoms with van der Waals surface area (Å²) in [6, 6.07) is 8.57. The van der Waals surface area contributed by atoms with Gasteiger partial charge in [0.1, 0.15) is 5.82 Å². The lowest BCUT2D eigenvalue weighted by Crippen LogP contribution is -2.39. The van der Waals surface area contributed by atoms with E-state index in [1.807, 2.05) is 4.90 Å². The number of imidazole rings is 2. The molecule has 5 heterocycles. The van der Waals surface area contributed by atoms with Crippen LogP contribution in [0.25, 0.3) is 33.6 Å². The fourth-order valence-electron chi connectivity index (χ4n) is 6.92. The molecule has 12 nitrogen and oxygen atoms in total. The van der Waals surface area contributed by atoms with E-state index in [1.165, 1.54) is 31.8 Å². The predicted molar refractivity (Wildman–Crippen MR) is 187 cm³/mol. The number of carbonyl (C=O) groups is 2. The van der Waals surface area contributed by atoms with E-state index in [2.05, 4.69) is 49.6 Å². The number of halogens is 4. The van der Waals surface area contributed by atoms with Crippen LogP contribution in [0.2, 0.25) is 0 Å². The Kier molecular flexibility index (Phi) is 10.9. The van der Waals surface area contributed by atoms with E-state index in [1.54, 1.807) is 18.3 Å². The minimum Gasteiger partial charge on any atom is -0.453 e. The second kappa shape index (κ2) is 15.3. The van der Waals surface area contributed by atoms with Gasteiger partial charge in [0.2, 0.25) is 5.91 Å². The van der Waals surface area contributed by atoms with Crippen molar-refractivity contribution in [2.45, 2.75) is 63.2 Å². The third kappa shape index (κ3) is 7.80. The van der Waals surface area contributed by atoms with Gasteiger partial charge in [0, 0.05) is 41.6 Å². The Labute approximate surface area is 303 Å². The van der Waals surface area contributed by atoms with Crippen LogP contribution < -0.4 is 11.1 Å². The number of aromatic amines is 2. The standard InChI is InChI=1S/C24H19F4N5.C11H19NO3.C2H5NO2/c25-23(26)17-8-13(20-10-29-12-32-20)3-5-15(17)16-6-4-14(9-18(16)24(23,27)28)21-11-31-22(33-21)19-2-1-7-30-19;1-9(2)7-10(13)12-4-3-11(8-12)14-5-6-15-11;1-5-2(3)4/h3-6,8-12,19,30H,1-2,7H2,(H,29,32)(H,31,33);9H,3-8H2,1-2H3;1H3,(H2,3,4). The molecule has 53 heavy (non-hydrogen) atoms. The quantitative estimate of drug-likeness (QED) is 0.169. The molecule has 4 aliphatic rings. The van der Waals surface area contributed by atoms with Crippen LogP contribution in [0.5, 0.6) is 0 Å². The number of benzene rings is 2. The number of aromatic nitrogens is 4. The summed E-state index contributed by atoms with van der Waals surface area (Å²) in [4.78, 5) is 37.2. The number of rotatable bonds is 5. The first-order valence-electron chi connectivity index (χ1n) is 17.5. The second-order valence-corrected chi connectivity index (χ2v) is 13.8. The van der Waals surface area contributed by atoms with Gasteiger partial charge < -0.3 is 40.1 Å². The summed E-state index contributed by atoms with van der Waals surface area (Å²) in [5.74, 6) is -7.87. The van der Waals surface area contributed by atoms with Crippen molar-refractivity contribution in [3.8, 4) is 33.6 Å². The van der Waals surface area contributed by atoms with E-state index in [0.29, 0.717) is 60.4 Å². The molecular weight excluding hydrogens is 698 g/mol. The molecule has 1 aliphatic carbocycles. The number of methoxy groups -OCH3 is 1. The summed E-state index contributed by atoms with van der Waals surface area (Å²) in [7, 11) is 1.22. The van der Waals surface area contributed by atoms with Crippen molar-refractivity contribution in [3.05, 3.63) is 72.1 Å². The Morgan fingerprint density at radius 2 is 1.62 bits per heavy atom. The number of carbonyl (C=O) groups excluding carboxylic acids is 2. The van der Waals surface area contributed by atoms with E-state index in [9.17, 15) is 9.59 Å². The van der Waals surface area contributed by atoms with Crippen LogP contribution in [-0.2, 0) is 30.9 Å². The molecule has 0 saturated carbocycles. The van der Waals surface area contributed by atoms with Crippen LogP contribution in [0.15, 0.2) is 55.1 Å². The van der Waals surface area contributed by atoms with Gasteiger partial charge in [0.15, 0.2) is 5.79 Å². The average molecular weight is 742 g/mol. The molecule has 3 fully saturated rings. The fraction of sp³-hybridized carbons (Fsp3) is 0.459. The number of primary amides is 1. The number of fused-ring (bicyclic) bond motifs is 3. The molecule has 5 N–H and O–H groups in total. The van der Waals surface area contributed by atoms with Gasteiger partial charge in [-0.2, -0.15) is 17.6 Å². The van der Waals surface area contributed by atoms with Gasteiger partial charge in [0.05, 0.1) is 63.0 Å². The molecular formula is C37H43F4N7O5. The number of hydrogen-bond donors (Lipinski definition) is 4. The van der Waals surface area contributed by atoms with Crippen molar-refractivity contribution in [2.75, 3.05) is 40.0 Å². The molecule has 284 valence electrons. The maximum atomic E-state index is 15.3. The Balaban J connectivity index is 0.000000199. The number of nitrogens with two attached hydrogens (primary N) is 1. The SMILES string of the molecule is CC(C)CC(=O)N1CCC2(C1)OCCO2.COC(N)=O.FC1(F)c2cc(-c3cnc[nH]3)ccc2-c2ccc(-c3cnc(C4CCCN4)[nH]3)cc2C1(F)F. The predicted octanol–water partition coefficient (Wildman–Crippen LogP) is 6.47. The summed E-state index contributed by atoms with van der Waals surface area (Å²) in [5.41, 5.74) is 4.98. The third-order valence-corrected chi connectivity index (χ3v) is 9.65. The Hall–Kier alpha value is -4.80. The highest BCUT2D eigenvalue weighted by molar-refractivity contribution is 5.81. The van der Waals surface area contributed by atoms with Crippen molar-refractivity contribution in [3.63, 3.8) is 0 Å². The van der Waals surface area contributed by atoms with Crippen LogP contribution >= 0.6 is 0 Å². The van der Waals surface area contributed by atoms with Crippen molar-refractivity contribution >= 4 is 12.0 Å². The summed E-state index contributed by atoms with van der Waals surface area (Å²) < 4.78 is 76.0. The highest BCUT2D eigenvalue weighted by atomic mass is 19.3. The number of alkyl halides is 4. The molecule has 2 amide bonds. The topological polar surface area (TPSA) is 160 Å². The molecule has 8 rings (SSSR count). The van der Waals surface area contributed by atoms with Gasteiger partial charge in [-0.3, -0.25) is 4.79 Å². The Morgan fingerprint density at radius 3 is 2.15 bits per heavy atom. The number of likely N-dealkylation sites (tertiary alicyclic amines) is 1.